The van der Waals surface area contributed by atoms with Crippen LogP contribution in [0.4, 0.5) is 4.79 Å². The summed E-state index contributed by atoms with van der Waals surface area (Å²) in [5.41, 5.74) is 5.69. The lowest BCUT2D eigenvalue weighted by Crippen LogP contribution is -2.52. The average Bonchev–Trinajstić information content (AvgIpc) is 3.34. The summed E-state index contributed by atoms with van der Waals surface area (Å²) in [5.74, 6) is -2.10. The number of carbonyl (C=O) groups is 3. The van der Waals surface area contributed by atoms with Gasteiger partial charge in [0.1, 0.15) is 12.6 Å². The summed E-state index contributed by atoms with van der Waals surface area (Å²) in [7, 11) is 0. The SMILES string of the molecule is C[C@H](OCc1ccccc1)[C@@H](NC(=O)[C@@H](NC(=O)OCC1c2ccccc2-c2ccccc21)c1ccccc1)C(=O)O. The van der Waals surface area contributed by atoms with Crippen LogP contribution in [-0.4, -0.2) is 41.8 Å². The van der Waals surface area contributed by atoms with E-state index in [1.807, 2.05) is 78.9 Å². The summed E-state index contributed by atoms with van der Waals surface area (Å²) in [6.07, 6.45) is -1.64. The van der Waals surface area contributed by atoms with Crippen molar-refractivity contribution in [3.63, 3.8) is 0 Å². The second kappa shape index (κ2) is 13.1. The number of carboxylic acids is 1. The van der Waals surface area contributed by atoms with Crippen molar-refractivity contribution in [1.82, 2.24) is 10.6 Å². The highest BCUT2D eigenvalue weighted by atomic mass is 16.5. The van der Waals surface area contributed by atoms with Crippen molar-refractivity contribution in [2.45, 2.75) is 37.6 Å². The third-order valence-electron chi connectivity index (χ3n) is 7.39. The molecule has 0 heterocycles. The van der Waals surface area contributed by atoms with Gasteiger partial charge in [-0.25, -0.2) is 9.59 Å². The molecule has 0 saturated carbocycles. The molecule has 0 saturated heterocycles. The number of benzene rings is 4. The number of aliphatic carboxylic acids is 1. The van der Waals surface area contributed by atoms with Crippen LogP contribution in [0.2, 0.25) is 0 Å². The first-order valence-electron chi connectivity index (χ1n) is 13.8. The molecule has 0 unspecified atom stereocenters. The Bertz CT molecular complexity index is 1500. The third kappa shape index (κ3) is 6.50. The highest BCUT2D eigenvalue weighted by Gasteiger charge is 2.33. The maximum absolute atomic E-state index is 13.5. The molecule has 8 heteroatoms. The number of carbonyl (C=O) groups excluding carboxylic acids is 2. The zero-order valence-electron chi connectivity index (χ0n) is 23.1. The molecule has 0 radical (unpaired) electrons. The maximum atomic E-state index is 13.5. The zero-order chi connectivity index (χ0) is 29.5. The number of hydrogen-bond donors (Lipinski definition) is 3. The molecule has 4 aromatic carbocycles. The van der Waals surface area contributed by atoms with E-state index in [0.717, 1.165) is 27.8 Å². The Kier molecular flexibility index (Phi) is 8.94. The van der Waals surface area contributed by atoms with E-state index in [9.17, 15) is 19.5 Å². The van der Waals surface area contributed by atoms with Crippen molar-refractivity contribution < 1.29 is 29.0 Å². The predicted octanol–water partition coefficient (Wildman–Crippen LogP) is 5.44. The van der Waals surface area contributed by atoms with E-state index in [1.165, 1.54) is 0 Å². The lowest BCUT2D eigenvalue weighted by molar-refractivity contribution is -0.146. The van der Waals surface area contributed by atoms with Gasteiger partial charge in [0.05, 0.1) is 12.7 Å². The second-order valence-electron chi connectivity index (χ2n) is 10.1. The van der Waals surface area contributed by atoms with Crippen molar-refractivity contribution in [3.8, 4) is 11.1 Å². The predicted molar refractivity (Wildman–Crippen MR) is 158 cm³/mol. The molecule has 214 valence electrons. The maximum Gasteiger partial charge on any atom is 0.408 e. The van der Waals surface area contributed by atoms with E-state index in [2.05, 4.69) is 10.6 Å². The van der Waals surface area contributed by atoms with Crippen LogP contribution >= 0.6 is 0 Å². The molecule has 0 aliphatic heterocycles. The standard InChI is InChI=1S/C34H32N2O6/c1-22(41-20-23-12-4-2-5-13-23)30(33(38)39)35-32(37)31(24-14-6-3-7-15-24)36-34(40)42-21-29-27-18-10-8-16-25(27)26-17-9-11-19-28(26)29/h2-19,22,29-31H,20-21H2,1H3,(H,35,37)(H,36,40)(H,38,39)/t22-,30+,31-/m0/s1. The lowest BCUT2D eigenvalue weighted by atomic mass is 9.98. The molecule has 2 amide bonds. The smallest absolute Gasteiger partial charge is 0.408 e. The Morgan fingerprint density at radius 3 is 1.90 bits per heavy atom. The van der Waals surface area contributed by atoms with Crippen molar-refractivity contribution in [2.24, 2.45) is 0 Å². The molecule has 0 bridgehead atoms. The van der Waals surface area contributed by atoms with Crippen LogP contribution in [-0.2, 0) is 25.7 Å². The fourth-order valence-electron chi connectivity index (χ4n) is 5.22. The van der Waals surface area contributed by atoms with Gasteiger partial charge in [-0.15, -0.1) is 0 Å². The van der Waals surface area contributed by atoms with Crippen molar-refractivity contribution in [3.05, 3.63) is 131 Å². The van der Waals surface area contributed by atoms with Crippen LogP contribution in [0.15, 0.2) is 109 Å². The number of rotatable bonds is 11. The Balaban J connectivity index is 1.27. The minimum atomic E-state index is -1.35. The van der Waals surface area contributed by atoms with Crippen LogP contribution in [0.5, 0.6) is 0 Å². The number of amides is 2. The second-order valence-corrected chi connectivity index (χ2v) is 10.1. The van der Waals surface area contributed by atoms with Gasteiger partial charge in [-0.05, 0) is 40.3 Å². The van der Waals surface area contributed by atoms with Crippen molar-refractivity contribution in [1.29, 1.82) is 0 Å². The van der Waals surface area contributed by atoms with E-state index in [4.69, 9.17) is 9.47 Å². The zero-order valence-corrected chi connectivity index (χ0v) is 23.1. The Hall–Kier alpha value is -4.95. The first kappa shape index (κ1) is 28.6. The first-order valence-corrected chi connectivity index (χ1v) is 13.8. The van der Waals surface area contributed by atoms with Gasteiger partial charge in [0.25, 0.3) is 0 Å². The Labute approximate surface area is 244 Å². The van der Waals surface area contributed by atoms with Gasteiger partial charge >= 0.3 is 12.1 Å². The summed E-state index contributed by atoms with van der Waals surface area (Å²) in [5, 5.41) is 15.1. The normalized spacial score (nSPS) is 14.1. The van der Waals surface area contributed by atoms with E-state index in [-0.39, 0.29) is 19.1 Å². The highest BCUT2D eigenvalue weighted by Crippen LogP contribution is 2.44. The number of ether oxygens (including phenoxy) is 2. The molecule has 0 spiro atoms. The molecule has 3 N–H and O–H groups in total. The van der Waals surface area contributed by atoms with Crippen molar-refractivity contribution >= 4 is 18.0 Å². The minimum Gasteiger partial charge on any atom is -0.480 e. The fourth-order valence-corrected chi connectivity index (χ4v) is 5.22. The molecule has 1 aliphatic carbocycles. The van der Waals surface area contributed by atoms with Gasteiger partial charge in [-0.2, -0.15) is 0 Å². The summed E-state index contributed by atoms with van der Waals surface area (Å²) in [4.78, 5) is 38.6. The van der Waals surface area contributed by atoms with E-state index in [0.29, 0.717) is 5.56 Å². The van der Waals surface area contributed by atoms with Crippen LogP contribution in [0, 0.1) is 0 Å². The molecule has 42 heavy (non-hydrogen) atoms. The summed E-state index contributed by atoms with van der Waals surface area (Å²) < 4.78 is 11.4. The Morgan fingerprint density at radius 1 is 0.762 bits per heavy atom. The number of fused-ring (bicyclic) bond motifs is 3. The summed E-state index contributed by atoms with van der Waals surface area (Å²) in [6.45, 7) is 1.84. The van der Waals surface area contributed by atoms with Crippen LogP contribution in [0.1, 0.15) is 41.1 Å². The molecule has 0 aromatic heterocycles. The number of nitrogens with one attached hydrogen (secondary N) is 2. The molecule has 5 rings (SSSR count). The molecular weight excluding hydrogens is 532 g/mol. The summed E-state index contributed by atoms with van der Waals surface area (Å²) >= 11 is 0. The van der Waals surface area contributed by atoms with Gasteiger partial charge < -0.3 is 25.2 Å². The van der Waals surface area contributed by atoms with E-state index in [1.54, 1.807) is 37.3 Å². The van der Waals surface area contributed by atoms with Gasteiger partial charge in [-0.1, -0.05) is 109 Å². The van der Waals surface area contributed by atoms with Gasteiger partial charge in [0.15, 0.2) is 6.04 Å². The largest absolute Gasteiger partial charge is 0.480 e. The van der Waals surface area contributed by atoms with Gasteiger partial charge in [0, 0.05) is 5.92 Å². The van der Waals surface area contributed by atoms with Crippen LogP contribution in [0.25, 0.3) is 11.1 Å². The summed E-state index contributed by atoms with van der Waals surface area (Å²) in [6, 6.07) is 31.4. The molecular formula is C34H32N2O6. The minimum absolute atomic E-state index is 0.0745. The quantitative estimate of drug-likeness (QED) is 0.224. The number of hydrogen-bond acceptors (Lipinski definition) is 5. The monoisotopic (exact) mass is 564 g/mol. The molecule has 4 aromatic rings. The lowest BCUT2D eigenvalue weighted by Gasteiger charge is -2.25. The van der Waals surface area contributed by atoms with Gasteiger partial charge in [0.2, 0.25) is 5.91 Å². The van der Waals surface area contributed by atoms with Crippen LogP contribution < -0.4 is 10.6 Å². The first-order chi connectivity index (χ1) is 20.4. The topological polar surface area (TPSA) is 114 Å². The van der Waals surface area contributed by atoms with E-state index >= 15 is 0 Å². The number of alkyl carbamates (subject to hydrolysis) is 1. The van der Waals surface area contributed by atoms with Crippen molar-refractivity contribution in [2.75, 3.05) is 6.61 Å². The Morgan fingerprint density at radius 2 is 1.31 bits per heavy atom. The number of carboxylic acid groups (broad SMARTS) is 1. The van der Waals surface area contributed by atoms with Crippen LogP contribution in [0.3, 0.4) is 0 Å². The molecule has 0 fully saturated rings. The van der Waals surface area contributed by atoms with Gasteiger partial charge in [-0.3, -0.25) is 4.79 Å². The average molecular weight is 565 g/mol. The third-order valence-corrected chi connectivity index (χ3v) is 7.39. The van der Waals surface area contributed by atoms with E-state index < -0.39 is 36.2 Å². The highest BCUT2D eigenvalue weighted by molar-refractivity contribution is 5.90. The fraction of sp³-hybridized carbons (Fsp3) is 0.206. The molecule has 8 nitrogen and oxygen atoms in total. The molecule has 1 aliphatic rings. The molecule has 3 atom stereocenters.